The maximum atomic E-state index is 5.32. The molecule has 0 unspecified atom stereocenters. The summed E-state index contributed by atoms with van der Waals surface area (Å²) in [5.41, 5.74) is 1.92. The summed E-state index contributed by atoms with van der Waals surface area (Å²) >= 11 is 0. The highest BCUT2D eigenvalue weighted by Gasteiger charge is 2.12. The molecule has 2 rings (SSSR count). The van der Waals surface area contributed by atoms with E-state index >= 15 is 0 Å². The number of hydrogen-bond acceptors (Lipinski definition) is 4. The molecule has 0 amide bonds. The minimum atomic E-state index is 0.582. The highest BCUT2D eigenvalue weighted by atomic mass is 16.5. The van der Waals surface area contributed by atoms with E-state index in [2.05, 4.69) is 15.4 Å². The standard InChI is InChI=1S/C10H12N4O/c1-7-5-4-6-8(9(7)15-3)10-11-13-14(2)12-10/h4-6H,1-3H3. The first-order valence-corrected chi connectivity index (χ1v) is 4.60. The van der Waals surface area contributed by atoms with Crippen LogP contribution >= 0.6 is 0 Å². The molecule has 0 saturated carbocycles. The molecule has 1 aromatic heterocycles. The number of benzene rings is 1. The van der Waals surface area contributed by atoms with Crippen LogP contribution in [0, 0.1) is 6.92 Å². The molecule has 0 saturated heterocycles. The minimum absolute atomic E-state index is 0.582. The Morgan fingerprint density at radius 1 is 1.33 bits per heavy atom. The molecule has 0 spiro atoms. The van der Waals surface area contributed by atoms with Crippen molar-refractivity contribution in [1.29, 1.82) is 0 Å². The fraction of sp³-hybridized carbons (Fsp3) is 0.300. The molecule has 0 fully saturated rings. The largest absolute Gasteiger partial charge is 0.496 e. The zero-order chi connectivity index (χ0) is 10.8. The van der Waals surface area contributed by atoms with Gasteiger partial charge in [-0.3, -0.25) is 0 Å². The number of methoxy groups -OCH3 is 1. The predicted molar refractivity (Wildman–Crippen MR) is 55.5 cm³/mol. The van der Waals surface area contributed by atoms with Gasteiger partial charge in [0, 0.05) is 0 Å². The topological polar surface area (TPSA) is 52.8 Å². The molecule has 5 nitrogen and oxygen atoms in total. The van der Waals surface area contributed by atoms with Crippen LogP contribution in [0.2, 0.25) is 0 Å². The van der Waals surface area contributed by atoms with E-state index in [-0.39, 0.29) is 0 Å². The molecule has 0 bridgehead atoms. The van der Waals surface area contributed by atoms with Crippen LogP contribution in [-0.4, -0.2) is 27.3 Å². The van der Waals surface area contributed by atoms with E-state index in [1.807, 2.05) is 25.1 Å². The second-order valence-electron chi connectivity index (χ2n) is 3.26. The van der Waals surface area contributed by atoms with Crippen LogP contribution in [0.5, 0.6) is 5.75 Å². The third kappa shape index (κ3) is 1.68. The number of aromatic nitrogens is 4. The van der Waals surface area contributed by atoms with E-state index in [9.17, 15) is 0 Å². The lowest BCUT2D eigenvalue weighted by Crippen LogP contribution is -1.94. The summed E-state index contributed by atoms with van der Waals surface area (Å²) in [7, 11) is 3.38. The molecule has 0 N–H and O–H groups in total. The molecule has 1 aromatic carbocycles. The lowest BCUT2D eigenvalue weighted by molar-refractivity contribution is 0.413. The number of para-hydroxylation sites is 1. The van der Waals surface area contributed by atoms with Gasteiger partial charge in [0.15, 0.2) is 0 Å². The third-order valence-corrected chi connectivity index (χ3v) is 2.17. The zero-order valence-electron chi connectivity index (χ0n) is 8.93. The maximum absolute atomic E-state index is 5.32. The van der Waals surface area contributed by atoms with Gasteiger partial charge in [0.05, 0.1) is 19.7 Å². The molecule has 15 heavy (non-hydrogen) atoms. The Hall–Kier alpha value is -1.91. The molecule has 5 heteroatoms. The summed E-state index contributed by atoms with van der Waals surface area (Å²) < 4.78 is 5.32. The van der Waals surface area contributed by atoms with Gasteiger partial charge < -0.3 is 4.74 Å². The quantitative estimate of drug-likeness (QED) is 0.737. The Bertz CT molecular complexity index is 478. The van der Waals surface area contributed by atoms with Gasteiger partial charge >= 0.3 is 0 Å². The first-order valence-electron chi connectivity index (χ1n) is 4.60. The molecule has 0 aliphatic rings. The highest BCUT2D eigenvalue weighted by Crippen LogP contribution is 2.29. The van der Waals surface area contributed by atoms with Crippen LogP contribution in [-0.2, 0) is 7.05 Å². The average molecular weight is 204 g/mol. The van der Waals surface area contributed by atoms with E-state index in [1.54, 1.807) is 14.2 Å². The summed E-state index contributed by atoms with van der Waals surface area (Å²) in [5.74, 6) is 1.38. The summed E-state index contributed by atoms with van der Waals surface area (Å²) in [4.78, 5) is 1.43. The number of tetrazole rings is 1. The van der Waals surface area contributed by atoms with Crippen molar-refractivity contribution >= 4 is 0 Å². The zero-order valence-corrected chi connectivity index (χ0v) is 8.93. The van der Waals surface area contributed by atoms with Crippen molar-refractivity contribution in [2.75, 3.05) is 7.11 Å². The average Bonchev–Trinajstić information content (AvgIpc) is 2.64. The number of aryl methyl sites for hydroxylation is 2. The Labute approximate surface area is 87.7 Å². The summed E-state index contributed by atoms with van der Waals surface area (Å²) in [6.45, 7) is 1.98. The van der Waals surface area contributed by atoms with Gasteiger partial charge in [0.25, 0.3) is 0 Å². The van der Waals surface area contributed by atoms with Gasteiger partial charge in [-0.05, 0) is 23.8 Å². The molecule has 0 atom stereocenters. The number of hydrogen-bond donors (Lipinski definition) is 0. The second kappa shape index (κ2) is 3.68. The van der Waals surface area contributed by atoms with Crippen molar-refractivity contribution in [2.45, 2.75) is 6.92 Å². The Balaban J connectivity index is 2.57. The monoisotopic (exact) mass is 204 g/mol. The van der Waals surface area contributed by atoms with Crippen LogP contribution in [0.25, 0.3) is 11.4 Å². The lowest BCUT2D eigenvalue weighted by atomic mass is 10.1. The molecular formula is C10H12N4O. The van der Waals surface area contributed by atoms with Crippen molar-refractivity contribution in [3.05, 3.63) is 23.8 Å². The van der Waals surface area contributed by atoms with E-state index in [0.29, 0.717) is 5.82 Å². The van der Waals surface area contributed by atoms with Crippen LogP contribution in [0.3, 0.4) is 0 Å². The molecule has 0 aliphatic carbocycles. The van der Waals surface area contributed by atoms with Gasteiger partial charge in [0.1, 0.15) is 5.75 Å². The molecule has 0 radical (unpaired) electrons. The van der Waals surface area contributed by atoms with E-state index in [0.717, 1.165) is 16.9 Å². The van der Waals surface area contributed by atoms with E-state index in [1.165, 1.54) is 4.80 Å². The lowest BCUT2D eigenvalue weighted by Gasteiger charge is -2.07. The first kappa shape index (κ1) is 9.64. The van der Waals surface area contributed by atoms with Crippen molar-refractivity contribution < 1.29 is 4.74 Å². The predicted octanol–water partition coefficient (Wildman–Crippen LogP) is 1.19. The highest BCUT2D eigenvalue weighted by molar-refractivity contribution is 5.65. The van der Waals surface area contributed by atoms with Crippen molar-refractivity contribution in [3.63, 3.8) is 0 Å². The Morgan fingerprint density at radius 2 is 2.13 bits per heavy atom. The van der Waals surface area contributed by atoms with Crippen LogP contribution in [0.4, 0.5) is 0 Å². The fourth-order valence-corrected chi connectivity index (χ4v) is 1.49. The summed E-state index contributed by atoms with van der Waals surface area (Å²) in [5, 5.41) is 11.9. The molecular weight excluding hydrogens is 192 g/mol. The Morgan fingerprint density at radius 3 is 2.73 bits per heavy atom. The minimum Gasteiger partial charge on any atom is -0.496 e. The van der Waals surface area contributed by atoms with Gasteiger partial charge in [-0.1, -0.05) is 12.1 Å². The smallest absolute Gasteiger partial charge is 0.208 e. The number of ether oxygens (including phenoxy) is 1. The van der Waals surface area contributed by atoms with Crippen molar-refractivity contribution in [3.8, 4) is 17.1 Å². The van der Waals surface area contributed by atoms with Gasteiger partial charge in [-0.2, -0.15) is 4.80 Å². The molecule has 78 valence electrons. The van der Waals surface area contributed by atoms with Crippen molar-refractivity contribution in [2.24, 2.45) is 7.05 Å². The normalized spacial score (nSPS) is 10.3. The van der Waals surface area contributed by atoms with Gasteiger partial charge in [-0.15, -0.1) is 10.2 Å². The van der Waals surface area contributed by atoms with E-state index < -0.39 is 0 Å². The maximum Gasteiger partial charge on any atom is 0.208 e. The fourth-order valence-electron chi connectivity index (χ4n) is 1.49. The number of rotatable bonds is 2. The SMILES string of the molecule is COc1c(C)cccc1-c1nnn(C)n1. The Kier molecular flexibility index (Phi) is 2.37. The number of nitrogens with zero attached hydrogens (tertiary/aromatic N) is 4. The molecule has 1 heterocycles. The third-order valence-electron chi connectivity index (χ3n) is 2.17. The van der Waals surface area contributed by atoms with Crippen LogP contribution < -0.4 is 4.74 Å². The second-order valence-corrected chi connectivity index (χ2v) is 3.26. The van der Waals surface area contributed by atoms with Crippen LogP contribution in [0.15, 0.2) is 18.2 Å². The van der Waals surface area contributed by atoms with Gasteiger partial charge in [-0.25, -0.2) is 0 Å². The molecule has 2 aromatic rings. The van der Waals surface area contributed by atoms with Crippen LogP contribution in [0.1, 0.15) is 5.56 Å². The summed E-state index contributed by atoms with van der Waals surface area (Å²) in [6.07, 6.45) is 0. The van der Waals surface area contributed by atoms with E-state index in [4.69, 9.17) is 4.74 Å². The first-order chi connectivity index (χ1) is 7.22. The van der Waals surface area contributed by atoms with Gasteiger partial charge in [0.2, 0.25) is 5.82 Å². The molecule has 0 aliphatic heterocycles. The van der Waals surface area contributed by atoms with Crippen molar-refractivity contribution in [1.82, 2.24) is 20.2 Å². The summed E-state index contributed by atoms with van der Waals surface area (Å²) in [6, 6.07) is 5.85.